The van der Waals surface area contributed by atoms with Crippen molar-refractivity contribution in [1.29, 1.82) is 0 Å². The minimum atomic E-state index is -2.84. The number of hydrogen-bond acceptors (Lipinski definition) is 6. The van der Waals surface area contributed by atoms with Gasteiger partial charge in [0.05, 0.1) is 5.56 Å². The molecule has 5 rings (SSSR count). The van der Waals surface area contributed by atoms with Crippen molar-refractivity contribution in [2.45, 2.75) is 63.8 Å². The third-order valence-electron chi connectivity index (χ3n) is 7.38. The van der Waals surface area contributed by atoms with Gasteiger partial charge in [-0.1, -0.05) is 18.9 Å². The molecular weight excluding hydrogens is 438 g/mol. The van der Waals surface area contributed by atoms with E-state index < -0.39 is 17.5 Å². The van der Waals surface area contributed by atoms with Gasteiger partial charge in [-0.15, -0.1) is 0 Å². The van der Waals surface area contributed by atoms with Crippen molar-refractivity contribution in [2.75, 3.05) is 25.5 Å². The molecule has 34 heavy (non-hydrogen) atoms. The van der Waals surface area contributed by atoms with Crippen LogP contribution in [0, 0.1) is 6.92 Å². The van der Waals surface area contributed by atoms with E-state index in [1.807, 2.05) is 12.3 Å². The Morgan fingerprint density at radius 2 is 1.79 bits per heavy atom. The molecule has 0 unspecified atom stereocenters. The molecule has 0 aromatic carbocycles. The largest absolute Gasteiger partial charge is 0.309 e. The molecule has 2 fully saturated rings. The van der Waals surface area contributed by atoms with Gasteiger partial charge in [-0.05, 0) is 75.9 Å². The maximum absolute atomic E-state index is 13.8. The zero-order chi connectivity index (χ0) is 23.8. The highest BCUT2D eigenvalue weighted by Crippen LogP contribution is 2.33. The molecule has 3 aromatic heterocycles. The Balaban J connectivity index is 1.47. The van der Waals surface area contributed by atoms with Crippen molar-refractivity contribution in [3.05, 3.63) is 51.6 Å². The average Bonchev–Trinajstić information content (AvgIpc) is 3.34. The molecule has 0 spiro atoms. The van der Waals surface area contributed by atoms with E-state index in [4.69, 9.17) is 0 Å². The summed E-state index contributed by atoms with van der Waals surface area (Å²) in [4.78, 5) is 28.9. The van der Waals surface area contributed by atoms with Crippen molar-refractivity contribution in [1.82, 2.24) is 24.4 Å². The van der Waals surface area contributed by atoms with Gasteiger partial charge in [0.1, 0.15) is 11.5 Å². The highest BCUT2D eigenvalue weighted by molar-refractivity contribution is 5.80. The maximum Gasteiger partial charge on any atom is 0.269 e. The van der Waals surface area contributed by atoms with Gasteiger partial charge in [-0.2, -0.15) is 4.98 Å². The second-order valence-electron chi connectivity index (χ2n) is 9.56. The van der Waals surface area contributed by atoms with Crippen molar-refractivity contribution in [3.8, 4) is 0 Å². The summed E-state index contributed by atoms with van der Waals surface area (Å²) in [7, 11) is 2.15. The van der Waals surface area contributed by atoms with Gasteiger partial charge in [0.25, 0.3) is 12.0 Å². The number of fused-ring (bicyclic) bond motifs is 1. The Labute approximate surface area is 197 Å². The molecule has 0 radical (unpaired) electrons. The summed E-state index contributed by atoms with van der Waals surface area (Å²) < 4.78 is 29.0. The van der Waals surface area contributed by atoms with Gasteiger partial charge in [0.2, 0.25) is 5.95 Å². The molecule has 9 heteroatoms. The van der Waals surface area contributed by atoms with Crippen molar-refractivity contribution in [3.63, 3.8) is 0 Å². The monoisotopic (exact) mass is 468 g/mol. The number of piperidine rings is 1. The van der Waals surface area contributed by atoms with Crippen LogP contribution >= 0.6 is 0 Å². The molecule has 1 aliphatic carbocycles. The molecule has 1 aliphatic heterocycles. The first-order valence-corrected chi connectivity index (χ1v) is 12.0. The van der Waals surface area contributed by atoms with E-state index in [0.717, 1.165) is 51.6 Å². The zero-order valence-electron chi connectivity index (χ0n) is 19.6. The Hall–Kier alpha value is -2.94. The molecule has 2 aliphatic rings. The fraction of sp³-hybridized carbons (Fsp3) is 0.520. The minimum absolute atomic E-state index is 0.122. The summed E-state index contributed by atoms with van der Waals surface area (Å²) in [6, 6.07) is 3.87. The molecule has 0 atom stereocenters. The van der Waals surface area contributed by atoms with Crippen LogP contribution in [0.2, 0.25) is 0 Å². The molecule has 1 N–H and O–H groups in total. The Bertz CT molecular complexity index is 1230. The molecule has 4 heterocycles. The van der Waals surface area contributed by atoms with Crippen LogP contribution < -0.4 is 10.9 Å². The summed E-state index contributed by atoms with van der Waals surface area (Å²) in [5.41, 5.74) is 0.783. The van der Waals surface area contributed by atoms with E-state index in [1.54, 1.807) is 6.92 Å². The molecule has 0 amide bonds. The van der Waals surface area contributed by atoms with Crippen LogP contribution in [0.15, 0.2) is 29.3 Å². The van der Waals surface area contributed by atoms with Crippen molar-refractivity contribution < 1.29 is 8.78 Å². The second kappa shape index (κ2) is 9.37. The van der Waals surface area contributed by atoms with Crippen LogP contribution in [0.5, 0.6) is 0 Å². The number of pyridine rings is 2. The molecule has 1 saturated carbocycles. The summed E-state index contributed by atoms with van der Waals surface area (Å²) in [5, 5.41) is 3.61. The summed E-state index contributed by atoms with van der Waals surface area (Å²) >= 11 is 0. The first kappa shape index (κ1) is 22.8. The maximum atomic E-state index is 13.8. The van der Waals surface area contributed by atoms with Crippen molar-refractivity contribution >= 4 is 22.8 Å². The van der Waals surface area contributed by atoms with Crippen LogP contribution in [0.25, 0.3) is 11.0 Å². The van der Waals surface area contributed by atoms with E-state index in [1.165, 1.54) is 16.3 Å². The number of hydrogen-bond donors (Lipinski definition) is 1. The summed E-state index contributed by atoms with van der Waals surface area (Å²) in [6.07, 6.45) is 6.35. The van der Waals surface area contributed by atoms with Crippen LogP contribution in [0.1, 0.15) is 73.6 Å². The highest BCUT2D eigenvalue weighted by Gasteiger charge is 2.27. The third-order valence-corrected chi connectivity index (χ3v) is 7.38. The van der Waals surface area contributed by atoms with E-state index in [-0.39, 0.29) is 11.6 Å². The fourth-order valence-corrected chi connectivity index (χ4v) is 5.35. The van der Waals surface area contributed by atoms with Gasteiger partial charge in [-0.3, -0.25) is 9.36 Å². The number of rotatable bonds is 5. The van der Waals surface area contributed by atoms with Crippen LogP contribution in [0.4, 0.5) is 20.5 Å². The zero-order valence-corrected chi connectivity index (χ0v) is 19.6. The summed E-state index contributed by atoms with van der Waals surface area (Å²) in [6.45, 7) is 3.72. The minimum Gasteiger partial charge on any atom is -0.309 e. The van der Waals surface area contributed by atoms with E-state index in [0.29, 0.717) is 28.7 Å². The lowest BCUT2D eigenvalue weighted by Crippen LogP contribution is -2.29. The highest BCUT2D eigenvalue weighted by atomic mass is 19.3. The number of likely N-dealkylation sites (tertiary alicyclic amines) is 1. The summed E-state index contributed by atoms with van der Waals surface area (Å²) in [5.74, 6) is 1.41. The Kier molecular flexibility index (Phi) is 6.29. The van der Waals surface area contributed by atoms with Gasteiger partial charge in [0.15, 0.2) is 0 Å². The second-order valence-corrected chi connectivity index (χ2v) is 9.56. The smallest absolute Gasteiger partial charge is 0.269 e. The standard InChI is InChI=1S/C25H30F2N6O/c1-15-19-14-29-25(30-20-8-7-17(13-28-20)16-9-11-32(2)12-10-16)31-23(19)33(18-5-3-4-6-18)24(34)21(15)22(26)27/h7-8,13-14,16,18,22H,3-6,9-12H2,1-2H3,(H,28,29,30,31). The van der Waals surface area contributed by atoms with Crippen LogP contribution in [-0.4, -0.2) is 44.6 Å². The number of nitrogens with one attached hydrogen (secondary N) is 1. The SMILES string of the molecule is Cc1c(C(F)F)c(=O)n(C2CCCC2)c2nc(Nc3ccc(C4CCN(C)CC4)cn3)ncc12. The third kappa shape index (κ3) is 4.29. The molecule has 180 valence electrons. The predicted molar refractivity (Wildman–Crippen MR) is 128 cm³/mol. The van der Waals surface area contributed by atoms with Gasteiger partial charge >= 0.3 is 0 Å². The lowest BCUT2D eigenvalue weighted by molar-refractivity contribution is 0.148. The lowest BCUT2D eigenvalue weighted by Gasteiger charge is -2.29. The number of aromatic nitrogens is 4. The predicted octanol–water partition coefficient (Wildman–Crippen LogP) is 5.10. The van der Waals surface area contributed by atoms with E-state index in [2.05, 4.69) is 38.3 Å². The Morgan fingerprint density at radius 3 is 2.44 bits per heavy atom. The van der Waals surface area contributed by atoms with Gasteiger partial charge in [0, 0.05) is 23.8 Å². The molecule has 3 aromatic rings. The van der Waals surface area contributed by atoms with E-state index >= 15 is 0 Å². The topological polar surface area (TPSA) is 75.9 Å². The molecule has 0 bridgehead atoms. The first-order valence-electron chi connectivity index (χ1n) is 12.0. The van der Waals surface area contributed by atoms with Crippen LogP contribution in [0.3, 0.4) is 0 Å². The molecule has 1 saturated heterocycles. The number of anilines is 2. The number of halogens is 2. The van der Waals surface area contributed by atoms with Crippen LogP contribution in [-0.2, 0) is 0 Å². The normalized spacial score (nSPS) is 18.3. The average molecular weight is 469 g/mol. The quantitative estimate of drug-likeness (QED) is 0.562. The van der Waals surface area contributed by atoms with Gasteiger partial charge in [-0.25, -0.2) is 18.7 Å². The number of nitrogens with zero attached hydrogens (tertiary/aromatic N) is 5. The molecule has 7 nitrogen and oxygen atoms in total. The van der Waals surface area contributed by atoms with E-state index in [9.17, 15) is 13.6 Å². The number of alkyl halides is 2. The Morgan fingerprint density at radius 1 is 1.06 bits per heavy atom. The first-order chi connectivity index (χ1) is 16.4. The number of aryl methyl sites for hydroxylation is 1. The molecular formula is C25H30F2N6O. The lowest BCUT2D eigenvalue weighted by atomic mass is 9.91. The van der Waals surface area contributed by atoms with Crippen molar-refractivity contribution in [2.24, 2.45) is 0 Å². The van der Waals surface area contributed by atoms with Gasteiger partial charge < -0.3 is 10.2 Å². The fourth-order valence-electron chi connectivity index (χ4n) is 5.35.